The summed E-state index contributed by atoms with van der Waals surface area (Å²) in [5.74, 6) is 1.43. The summed E-state index contributed by atoms with van der Waals surface area (Å²) in [5.41, 5.74) is 0.465. The fraction of sp³-hybridized carbons (Fsp3) is 0.450. The molecular formula is C20H25N7O2S. The molecule has 4 heterocycles. The molecule has 0 atom stereocenters. The second-order valence-corrected chi connectivity index (χ2v) is 8.32. The van der Waals surface area contributed by atoms with Crippen molar-refractivity contribution >= 4 is 34.5 Å². The molecule has 4 rings (SSSR count). The monoisotopic (exact) mass is 427 g/mol. The lowest BCUT2D eigenvalue weighted by Crippen LogP contribution is -2.32. The van der Waals surface area contributed by atoms with E-state index in [4.69, 9.17) is 9.97 Å². The summed E-state index contributed by atoms with van der Waals surface area (Å²) in [4.78, 5) is 38.4. The SMILES string of the molecule is CCSc1nc(N2CCCCC2)c2cnn(CCNC(=O)c3ccc[nH]c3=O)c2n1. The summed E-state index contributed by atoms with van der Waals surface area (Å²) in [6.45, 7) is 4.86. The van der Waals surface area contributed by atoms with E-state index in [9.17, 15) is 9.59 Å². The lowest BCUT2D eigenvalue weighted by atomic mass is 10.1. The number of nitrogens with zero attached hydrogens (tertiary/aromatic N) is 5. The molecule has 0 saturated carbocycles. The highest BCUT2D eigenvalue weighted by Gasteiger charge is 2.20. The Morgan fingerprint density at radius 2 is 2.10 bits per heavy atom. The zero-order chi connectivity index (χ0) is 20.9. The average Bonchev–Trinajstić information content (AvgIpc) is 3.17. The number of amides is 1. The Morgan fingerprint density at radius 3 is 2.87 bits per heavy atom. The molecule has 0 bridgehead atoms. The molecule has 1 aliphatic heterocycles. The van der Waals surface area contributed by atoms with Gasteiger partial charge in [0.25, 0.3) is 11.5 Å². The Kier molecular flexibility index (Phi) is 6.32. The van der Waals surface area contributed by atoms with Gasteiger partial charge in [-0.2, -0.15) is 5.10 Å². The Balaban J connectivity index is 1.54. The maximum absolute atomic E-state index is 12.3. The van der Waals surface area contributed by atoms with Crippen LogP contribution in [0.25, 0.3) is 11.0 Å². The summed E-state index contributed by atoms with van der Waals surface area (Å²) >= 11 is 1.61. The van der Waals surface area contributed by atoms with Crippen LogP contribution in [0.2, 0.25) is 0 Å². The molecule has 2 N–H and O–H groups in total. The van der Waals surface area contributed by atoms with Gasteiger partial charge in [-0.1, -0.05) is 18.7 Å². The molecule has 30 heavy (non-hydrogen) atoms. The molecule has 0 aromatic carbocycles. The van der Waals surface area contributed by atoms with Crippen LogP contribution in [0, 0.1) is 0 Å². The van der Waals surface area contributed by atoms with Gasteiger partial charge in [0.2, 0.25) is 0 Å². The van der Waals surface area contributed by atoms with Crippen LogP contribution in [0.1, 0.15) is 36.5 Å². The number of rotatable bonds is 7. The smallest absolute Gasteiger partial charge is 0.260 e. The number of aromatic amines is 1. The van der Waals surface area contributed by atoms with Crippen LogP contribution in [0.5, 0.6) is 0 Å². The minimum atomic E-state index is -0.404. The van der Waals surface area contributed by atoms with Crippen LogP contribution in [-0.2, 0) is 6.54 Å². The number of aromatic nitrogens is 5. The third kappa shape index (κ3) is 4.33. The minimum Gasteiger partial charge on any atom is -0.356 e. The van der Waals surface area contributed by atoms with E-state index in [1.165, 1.54) is 31.5 Å². The van der Waals surface area contributed by atoms with Crippen LogP contribution >= 0.6 is 11.8 Å². The van der Waals surface area contributed by atoms with Gasteiger partial charge in [-0.25, -0.2) is 14.6 Å². The molecule has 158 valence electrons. The first kappa shape index (κ1) is 20.4. The fourth-order valence-corrected chi connectivity index (χ4v) is 4.16. The molecular weight excluding hydrogens is 402 g/mol. The quantitative estimate of drug-likeness (QED) is 0.439. The highest BCUT2D eigenvalue weighted by molar-refractivity contribution is 7.99. The molecule has 9 nitrogen and oxygen atoms in total. The molecule has 0 unspecified atom stereocenters. The van der Waals surface area contributed by atoms with Gasteiger partial charge in [-0.15, -0.1) is 0 Å². The number of thioether (sulfide) groups is 1. The van der Waals surface area contributed by atoms with Crippen LogP contribution in [0.15, 0.2) is 34.5 Å². The zero-order valence-electron chi connectivity index (χ0n) is 16.9. The molecule has 0 radical (unpaired) electrons. The van der Waals surface area contributed by atoms with E-state index >= 15 is 0 Å². The third-order valence-electron chi connectivity index (χ3n) is 5.06. The molecule has 1 amide bonds. The van der Waals surface area contributed by atoms with Crippen molar-refractivity contribution < 1.29 is 4.79 Å². The molecule has 1 fully saturated rings. The van der Waals surface area contributed by atoms with Gasteiger partial charge in [0, 0.05) is 25.8 Å². The van der Waals surface area contributed by atoms with Crippen molar-refractivity contribution in [2.75, 3.05) is 30.3 Å². The predicted molar refractivity (Wildman–Crippen MR) is 117 cm³/mol. The summed E-state index contributed by atoms with van der Waals surface area (Å²) < 4.78 is 1.79. The number of anilines is 1. The second kappa shape index (κ2) is 9.29. The number of carbonyl (C=O) groups is 1. The molecule has 1 aliphatic rings. The van der Waals surface area contributed by atoms with E-state index in [1.807, 2.05) is 6.20 Å². The summed E-state index contributed by atoms with van der Waals surface area (Å²) in [5, 5.41) is 8.96. The molecule has 1 saturated heterocycles. The molecule has 0 aliphatic carbocycles. The lowest BCUT2D eigenvalue weighted by Gasteiger charge is -2.28. The Hall–Kier alpha value is -2.88. The maximum atomic E-state index is 12.3. The van der Waals surface area contributed by atoms with Crippen LogP contribution < -0.4 is 15.8 Å². The molecule has 3 aromatic heterocycles. The number of carbonyl (C=O) groups excluding carboxylic acids is 1. The van der Waals surface area contributed by atoms with Crippen molar-refractivity contribution in [2.45, 2.75) is 37.9 Å². The van der Waals surface area contributed by atoms with Gasteiger partial charge in [0.15, 0.2) is 10.8 Å². The van der Waals surface area contributed by atoms with Gasteiger partial charge < -0.3 is 15.2 Å². The van der Waals surface area contributed by atoms with Crippen molar-refractivity contribution in [2.24, 2.45) is 0 Å². The first-order valence-corrected chi connectivity index (χ1v) is 11.2. The molecule has 0 spiro atoms. The van der Waals surface area contributed by atoms with Crippen molar-refractivity contribution in [3.63, 3.8) is 0 Å². The normalized spacial score (nSPS) is 14.2. The Bertz CT molecular complexity index is 1090. The number of H-pyrrole nitrogens is 1. The van der Waals surface area contributed by atoms with Crippen LogP contribution in [0.4, 0.5) is 5.82 Å². The third-order valence-corrected chi connectivity index (χ3v) is 5.79. The van der Waals surface area contributed by atoms with Gasteiger partial charge >= 0.3 is 0 Å². The Morgan fingerprint density at radius 1 is 1.27 bits per heavy atom. The van der Waals surface area contributed by atoms with Crippen LogP contribution in [0.3, 0.4) is 0 Å². The minimum absolute atomic E-state index is 0.0964. The summed E-state index contributed by atoms with van der Waals surface area (Å²) in [6, 6.07) is 3.13. The molecule has 10 heteroatoms. The van der Waals surface area contributed by atoms with Crippen molar-refractivity contribution in [3.05, 3.63) is 40.4 Å². The predicted octanol–water partition coefficient (Wildman–Crippen LogP) is 2.05. The fourth-order valence-electron chi connectivity index (χ4n) is 3.60. The van der Waals surface area contributed by atoms with Gasteiger partial charge in [0.1, 0.15) is 11.4 Å². The standard InChI is InChI=1S/C20H25N7O2S/c1-2-30-20-24-16(26-10-4-3-5-11-26)15-13-23-27(17(15)25-20)12-9-22-19(29)14-7-6-8-21-18(14)28/h6-8,13H,2-5,9-12H2,1H3,(H,21,28)(H,22,29). The lowest BCUT2D eigenvalue weighted by molar-refractivity contribution is 0.0950. The van der Waals surface area contributed by atoms with E-state index in [2.05, 4.69) is 27.2 Å². The number of hydrogen-bond donors (Lipinski definition) is 2. The Labute approximate surface area is 178 Å². The number of pyridine rings is 1. The maximum Gasteiger partial charge on any atom is 0.260 e. The van der Waals surface area contributed by atoms with Crippen LogP contribution in [-0.4, -0.2) is 56.0 Å². The zero-order valence-corrected chi connectivity index (χ0v) is 17.7. The van der Waals surface area contributed by atoms with Gasteiger partial charge in [-0.05, 0) is 37.1 Å². The van der Waals surface area contributed by atoms with Crippen molar-refractivity contribution in [3.8, 4) is 0 Å². The van der Waals surface area contributed by atoms with E-state index < -0.39 is 11.5 Å². The van der Waals surface area contributed by atoms with E-state index in [0.717, 1.165) is 40.9 Å². The first-order chi connectivity index (χ1) is 14.7. The summed E-state index contributed by atoms with van der Waals surface area (Å²) in [7, 11) is 0. The number of fused-ring (bicyclic) bond motifs is 1. The molecule has 3 aromatic rings. The van der Waals surface area contributed by atoms with E-state index in [0.29, 0.717) is 13.1 Å². The van der Waals surface area contributed by atoms with E-state index in [1.54, 1.807) is 22.5 Å². The highest BCUT2D eigenvalue weighted by atomic mass is 32.2. The van der Waals surface area contributed by atoms with Crippen molar-refractivity contribution in [1.29, 1.82) is 0 Å². The largest absolute Gasteiger partial charge is 0.356 e. The van der Waals surface area contributed by atoms with E-state index in [-0.39, 0.29) is 5.56 Å². The number of piperidine rings is 1. The van der Waals surface area contributed by atoms with Crippen molar-refractivity contribution in [1.82, 2.24) is 30.0 Å². The topological polar surface area (TPSA) is 109 Å². The van der Waals surface area contributed by atoms with Gasteiger partial charge in [-0.3, -0.25) is 9.59 Å². The van der Waals surface area contributed by atoms with Gasteiger partial charge in [0.05, 0.1) is 18.1 Å². The second-order valence-electron chi connectivity index (χ2n) is 7.08. The first-order valence-electron chi connectivity index (χ1n) is 10.2. The number of hydrogen-bond acceptors (Lipinski definition) is 7. The average molecular weight is 428 g/mol. The summed E-state index contributed by atoms with van der Waals surface area (Å²) in [6.07, 6.45) is 6.90. The number of nitrogens with one attached hydrogen (secondary N) is 2. The highest BCUT2D eigenvalue weighted by Crippen LogP contribution is 2.29.